The smallest absolute Gasteiger partial charge is 0.279 e. The predicted molar refractivity (Wildman–Crippen MR) is 128 cm³/mol. The summed E-state index contributed by atoms with van der Waals surface area (Å²) < 4.78 is 0. The average molecular weight is 445 g/mol. The summed E-state index contributed by atoms with van der Waals surface area (Å²) in [5.41, 5.74) is 8.22. The Bertz CT molecular complexity index is 1160. The molecular weight excluding hydrogens is 420 g/mol. The van der Waals surface area contributed by atoms with E-state index < -0.39 is 11.8 Å². The van der Waals surface area contributed by atoms with Crippen LogP contribution in [0.5, 0.6) is 0 Å². The molecule has 0 saturated carbocycles. The van der Waals surface area contributed by atoms with E-state index in [0.29, 0.717) is 11.1 Å². The molecule has 0 spiro atoms. The molecule has 6 nitrogen and oxygen atoms in total. The van der Waals surface area contributed by atoms with Crippen LogP contribution < -0.4 is 10.7 Å². The van der Waals surface area contributed by atoms with E-state index in [0.717, 1.165) is 36.4 Å². The summed E-state index contributed by atoms with van der Waals surface area (Å²) in [6.45, 7) is 3.28. The largest absolute Gasteiger partial charge is 0.299 e. The molecule has 32 heavy (non-hydrogen) atoms. The van der Waals surface area contributed by atoms with E-state index in [1.54, 1.807) is 17.4 Å². The lowest BCUT2D eigenvalue weighted by molar-refractivity contribution is -0.114. The van der Waals surface area contributed by atoms with Gasteiger partial charge in [0.1, 0.15) is 0 Å². The Morgan fingerprint density at radius 2 is 1.72 bits per heavy atom. The SMILES string of the molecule is O=C1NC(=O)c2ccc(-c3ccsc3)cc2/C1=N/Nc1ccc(CN2CCCCC2)cc1. The van der Waals surface area contributed by atoms with Gasteiger partial charge in [0.05, 0.1) is 5.69 Å². The second-order valence-corrected chi connectivity index (χ2v) is 8.94. The maximum atomic E-state index is 12.6. The minimum Gasteiger partial charge on any atom is -0.299 e. The van der Waals surface area contributed by atoms with Crippen LogP contribution in [0.25, 0.3) is 11.1 Å². The van der Waals surface area contributed by atoms with Gasteiger partial charge in [0.25, 0.3) is 11.8 Å². The van der Waals surface area contributed by atoms with Gasteiger partial charge in [-0.25, -0.2) is 0 Å². The monoisotopic (exact) mass is 444 g/mol. The summed E-state index contributed by atoms with van der Waals surface area (Å²) in [5, 5.41) is 10.8. The van der Waals surface area contributed by atoms with Gasteiger partial charge in [-0.1, -0.05) is 24.6 Å². The summed E-state index contributed by atoms with van der Waals surface area (Å²) in [5.74, 6) is -0.901. The normalized spacial score (nSPS) is 17.8. The average Bonchev–Trinajstić information content (AvgIpc) is 3.35. The molecule has 3 aromatic rings. The first-order valence-corrected chi connectivity index (χ1v) is 11.8. The van der Waals surface area contributed by atoms with Crippen molar-refractivity contribution in [3.8, 4) is 11.1 Å². The molecule has 3 heterocycles. The first-order valence-electron chi connectivity index (χ1n) is 10.8. The topological polar surface area (TPSA) is 73.8 Å². The van der Waals surface area contributed by atoms with Gasteiger partial charge < -0.3 is 0 Å². The van der Waals surface area contributed by atoms with Gasteiger partial charge in [-0.15, -0.1) is 0 Å². The number of nitrogens with one attached hydrogen (secondary N) is 2. The van der Waals surface area contributed by atoms with Gasteiger partial charge >= 0.3 is 0 Å². The third-order valence-electron chi connectivity index (χ3n) is 5.92. The zero-order chi connectivity index (χ0) is 21.9. The number of likely N-dealkylation sites (tertiary alicyclic amines) is 1. The van der Waals surface area contributed by atoms with E-state index in [2.05, 4.69) is 32.9 Å². The highest BCUT2D eigenvalue weighted by atomic mass is 32.1. The van der Waals surface area contributed by atoms with Crippen LogP contribution in [0.4, 0.5) is 5.69 Å². The Hall–Kier alpha value is -3.29. The molecule has 2 aliphatic rings. The third-order valence-corrected chi connectivity index (χ3v) is 6.60. The van der Waals surface area contributed by atoms with Crippen LogP contribution >= 0.6 is 11.3 Å². The lowest BCUT2D eigenvalue weighted by atomic mass is 9.94. The molecule has 5 rings (SSSR count). The minimum atomic E-state index is -0.501. The number of hydrogen-bond donors (Lipinski definition) is 2. The van der Waals surface area contributed by atoms with Crippen LogP contribution in [0.2, 0.25) is 0 Å². The van der Waals surface area contributed by atoms with Crippen molar-refractivity contribution in [2.75, 3.05) is 18.5 Å². The summed E-state index contributed by atoms with van der Waals surface area (Å²) in [6.07, 6.45) is 3.88. The highest BCUT2D eigenvalue weighted by Crippen LogP contribution is 2.27. The fourth-order valence-corrected chi connectivity index (χ4v) is 4.86. The molecule has 0 unspecified atom stereocenters. The third kappa shape index (κ3) is 4.35. The molecule has 2 amide bonds. The highest BCUT2D eigenvalue weighted by Gasteiger charge is 2.29. The lowest BCUT2D eigenvalue weighted by Crippen LogP contribution is -2.42. The number of amides is 2. The van der Waals surface area contributed by atoms with Crippen LogP contribution in [-0.4, -0.2) is 35.5 Å². The van der Waals surface area contributed by atoms with Gasteiger partial charge in [-0.05, 0) is 83.7 Å². The zero-order valence-corrected chi connectivity index (χ0v) is 18.5. The molecule has 0 radical (unpaired) electrons. The maximum absolute atomic E-state index is 12.6. The molecule has 1 aromatic heterocycles. The van der Waals surface area contributed by atoms with Crippen molar-refractivity contribution in [3.05, 3.63) is 76.0 Å². The molecule has 1 saturated heterocycles. The van der Waals surface area contributed by atoms with E-state index >= 15 is 0 Å². The van der Waals surface area contributed by atoms with Gasteiger partial charge in [-0.3, -0.25) is 25.2 Å². The summed E-state index contributed by atoms with van der Waals surface area (Å²) in [7, 11) is 0. The standard InChI is InChI=1S/C25H24N4O2S/c30-24-21-9-6-18(19-10-13-32-16-19)14-22(21)23(25(31)26-24)28-27-20-7-4-17(5-8-20)15-29-11-2-1-3-12-29/h4-10,13-14,16,27H,1-3,11-12,15H2,(H,26,30,31)/b28-23-. The van der Waals surface area contributed by atoms with Crippen LogP contribution in [-0.2, 0) is 11.3 Å². The van der Waals surface area contributed by atoms with Crippen LogP contribution in [0, 0.1) is 0 Å². The molecule has 2 N–H and O–H groups in total. The molecule has 0 bridgehead atoms. The Kier molecular flexibility index (Phi) is 5.83. The molecular formula is C25H24N4O2S. The summed E-state index contributed by atoms with van der Waals surface area (Å²) in [4.78, 5) is 27.3. The van der Waals surface area contributed by atoms with Crippen molar-refractivity contribution in [3.63, 3.8) is 0 Å². The van der Waals surface area contributed by atoms with E-state index in [9.17, 15) is 9.59 Å². The molecule has 7 heteroatoms. The van der Waals surface area contributed by atoms with E-state index in [1.165, 1.54) is 24.8 Å². The van der Waals surface area contributed by atoms with Gasteiger partial charge in [-0.2, -0.15) is 16.4 Å². The molecule has 0 aliphatic carbocycles. The summed E-state index contributed by atoms with van der Waals surface area (Å²) >= 11 is 1.60. The van der Waals surface area contributed by atoms with Crippen LogP contribution in [0.15, 0.2) is 64.4 Å². The number of piperidine rings is 1. The van der Waals surface area contributed by atoms with E-state index in [4.69, 9.17) is 0 Å². The number of fused-ring (bicyclic) bond motifs is 1. The Balaban J connectivity index is 1.36. The Morgan fingerprint density at radius 1 is 0.906 bits per heavy atom. The number of hydrogen-bond acceptors (Lipinski definition) is 6. The Morgan fingerprint density at radius 3 is 2.47 bits per heavy atom. The number of anilines is 1. The number of thiophene rings is 1. The first kappa shape index (κ1) is 20.6. The maximum Gasteiger partial charge on any atom is 0.279 e. The zero-order valence-electron chi connectivity index (χ0n) is 17.6. The first-order chi connectivity index (χ1) is 15.7. The van der Waals surface area contributed by atoms with Crippen molar-refractivity contribution >= 4 is 34.6 Å². The van der Waals surface area contributed by atoms with Crippen molar-refractivity contribution in [1.29, 1.82) is 0 Å². The minimum absolute atomic E-state index is 0.203. The summed E-state index contributed by atoms with van der Waals surface area (Å²) in [6, 6.07) is 15.6. The van der Waals surface area contributed by atoms with Crippen molar-refractivity contribution in [2.45, 2.75) is 25.8 Å². The number of carbonyl (C=O) groups is 2. The lowest BCUT2D eigenvalue weighted by Gasteiger charge is -2.26. The van der Waals surface area contributed by atoms with E-state index in [-0.39, 0.29) is 5.71 Å². The number of carbonyl (C=O) groups excluding carboxylic acids is 2. The number of rotatable bonds is 5. The number of benzene rings is 2. The van der Waals surface area contributed by atoms with Crippen molar-refractivity contribution < 1.29 is 9.59 Å². The van der Waals surface area contributed by atoms with E-state index in [1.807, 2.05) is 41.1 Å². The van der Waals surface area contributed by atoms with Crippen molar-refractivity contribution in [1.82, 2.24) is 10.2 Å². The fraction of sp³-hybridized carbons (Fsp3) is 0.240. The molecule has 2 aliphatic heterocycles. The second kappa shape index (κ2) is 9.06. The van der Waals surface area contributed by atoms with Crippen molar-refractivity contribution in [2.24, 2.45) is 5.10 Å². The predicted octanol–water partition coefficient (Wildman–Crippen LogP) is 4.49. The van der Waals surface area contributed by atoms with Gasteiger partial charge in [0, 0.05) is 17.7 Å². The van der Waals surface area contributed by atoms with Crippen LogP contribution in [0.1, 0.15) is 40.7 Å². The van der Waals surface area contributed by atoms with Gasteiger partial charge in [0.2, 0.25) is 0 Å². The Labute approximate surface area is 191 Å². The van der Waals surface area contributed by atoms with Gasteiger partial charge in [0.15, 0.2) is 5.71 Å². The number of nitrogens with zero attached hydrogens (tertiary/aromatic N) is 2. The highest BCUT2D eigenvalue weighted by molar-refractivity contribution is 7.08. The number of hydrazone groups is 1. The molecule has 1 fully saturated rings. The molecule has 0 atom stereocenters. The number of imide groups is 1. The molecule has 162 valence electrons. The molecule has 2 aromatic carbocycles. The second-order valence-electron chi connectivity index (χ2n) is 8.16. The fourth-order valence-electron chi connectivity index (χ4n) is 4.19. The van der Waals surface area contributed by atoms with Crippen LogP contribution in [0.3, 0.4) is 0 Å². The quantitative estimate of drug-likeness (QED) is 0.449.